The molecule has 1 aromatic carbocycles. The van der Waals surface area contributed by atoms with Crippen molar-refractivity contribution in [3.63, 3.8) is 0 Å². The lowest BCUT2D eigenvalue weighted by molar-refractivity contribution is 0.316. The number of nitrogens with zero attached hydrogens (tertiary/aromatic N) is 1. The normalized spacial score (nSPS) is 11.2. The van der Waals surface area contributed by atoms with Gasteiger partial charge >= 0.3 is 0 Å². The lowest BCUT2D eigenvalue weighted by Gasteiger charge is -2.18. The Morgan fingerprint density at radius 3 is 2.60 bits per heavy atom. The maximum absolute atomic E-state index is 5.12. The van der Waals surface area contributed by atoms with Crippen molar-refractivity contribution in [3.05, 3.63) is 59.5 Å². The first-order valence-electron chi connectivity index (χ1n) is 7.26. The van der Waals surface area contributed by atoms with Crippen molar-refractivity contribution in [1.29, 1.82) is 0 Å². The number of hydrogen-bond acceptors (Lipinski definition) is 3. The molecule has 2 aromatic rings. The van der Waals surface area contributed by atoms with Crippen LogP contribution < -0.4 is 5.32 Å². The van der Waals surface area contributed by atoms with Crippen LogP contribution in [0.3, 0.4) is 0 Å². The van der Waals surface area contributed by atoms with Crippen molar-refractivity contribution in [2.24, 2.45) is 0 Å². The van der Waals surface area contributed by atoms with Crippen LogP contribution in [0.4, 0.5) is 0 Å². The summed E-state index contributed by atoms with van der Waals surface area (Å²) in [5.41, 5.74) is 4.07. The molecule has 0 atom stereocenters. The van der Waals surface area contributed by atoms with Gasteiger partial charge in [-0.25, -0.2) is 0 Å². The van der Waals surface area contributed by atoms with Crippen molar-refractivity contribution >= 4 is 0 Å². The van der Waals surface area contributed by atoms with Gasteiger partial charge in [-0.15, -0.1) is 0 Å². The molecule has 0 bridgehead atoms. The van der Waals surface area contributed by atoms with Crippen LogP contribution in [0.15, 0.2) is 47.3 Å². The predicted octanol–water partition coefficient (Wildman–Crippen LogP) is 3.06. The SMILES string of the molecule is CCNCCc1ccccc1CN(C)Cc1ccoc1. The fourth-order valence-electron chi connectivity index (χ4n) is 2.40. The average Bonchev–Trinajstić information content (AvgIpc) is 2.93. The third-order valence-electron chi connectivity index (χ3n) is 3.41. The van der Waals surface area contributed by atoms with Gasteiger partial charge in [0.25, 0.3) is 0 Å². The number of likely N-dealkylation sites (N-methyl/N-ethyl adjacent to an activating group) is 1. The lowest BCUT2D eigenvalue weighted by atomic mass is 10.0. The molecule has 0 fully saturated rings. The van der Waals surface area contributed by atoms with Crippen LogP contribution in [0.25, 0.3) is 0 Å². The Morgan fingerprint density at radius 1 is 1.10 bits per heavy atom. The highest BCUT2D eigenvalue weighted by Crippen LogP contribution is 2.13. The molecule has 0 radical (unpaired) electrons. The molecular weight excluding hydrogens is 248 g/mol. The monoisotopic (exact) mass is 272 g/mol. The molecule has 1 heterocycles. The molecule has 0 amide bonds. The Morgan fingerprint density at radius 2 is 1.90 bits per heavy atom. The topological polar surface area (TPSA) is 28.4 Å². The molecule has 1 N–H and O–H groups in total. The predicted molar refractivity (Wildman–Crippen MR) is 82.6 cm³/mol. The summed E-state index contributed by atoms with van der Waals surface area (Å²) >= 11 is 0. The molecule has 3 heteroatoms. The van der Waals surface area contributed by atoms with E-state index >= 15 is 0 Å². The number of furan rings is 1. The first kappa shape index (κ1) is 14.8. The zero-order valence-corrected chi connectivity index (χ0v) is 12.4. The van der Waals surface area contributed by atoms with Crippen LogP contribution in [0.2, 0.25) is 0 Å². The van der Waals surface area contributed by atoms with Gasteiger partial charge in [-0.2, -0.15) is 0 Å². The smallest absolute Gasteiger partial charge is 0.0947 e. The number of benzene rings is 1. The Balaban J connectivity index is 1.93. The van der Waals surface area contributed by atoms with E-state index in [9.17, 15) is 0 Å². The molecule has 3 nitrogen and oxygen atoms in total. The van der Waals surface area contributed by atoms with Crippen LogP contribution >= 0.6 is 0 Å². The molecule has 0 aliphatic carbocycles. The largest absolute Gasteiger partial charge is 0.472 e. The van der Waals surface area contributed by atoms with Gasteiger partial charge in [-0.1, -0.05) is 31.2 Å². The molecule has 20 heavy (non-hydrogen) atoms. The maximum Gasteiger partial charge on any atom is 0.0947 e. The summed E-state index contributed by atoms with van der Waals surface area (Å²) in [6.45, 7) is 6.09. The summed E-state index contributed by atoms with van der Waals surface area (Å²) in [5, 5.41) is 3.39. The van der Waals surface area contributed by atoms with Crippen molar-refractivity contribution < 1.29 is 4.42 Å². The molecule has 0 aliphatic rings. The molecule has 1 aromatic heterocycles. The average molecular weight is 272 g/mol. The fraction of sp³-hybridized carbons (Fsp3) is 0.412. The summed E-state index contributed by atoms with van der Waals surface area (Å²) in [4.78, 5) is 2.32. The molecule has 108 valence electrons. The van der Waals surface area contributed by atoms with Crippen molar-refractivity contribution in [2.75, 3.05) is 20.1 Å². The minimum absolute atomic E-state index is 0.915. The van der Waals surface area contributed by atoms with Gasteiger partial charge < -0.3 is 9.73 Å². The molecule has 0 unspecified atom stereocenters. The summed E-state index contributed by atoms with van der Waals surface area (Å²) in [5.74, 6) is 0. The van der Waals surface area contributed by atoms with Crippen molar-refractivity contribution in [2.45, 2.75) is 26.4 Å². The molecule has 0 aliphatic heterocycles. The van der Waals surface area contributed by atoms with E-state index in [0.717, 1.165) is 32.6 Å². The zero-order chi connectivity index (χ0) is 14.2. The summed E-state index contributed by atoms with van der Waals surface area (Å²) in [6.07, 6.45) is 4.63. The van der Waals surface area contributed by atoms with Gasteiger partial charge in [0, 0.05) is 18.7 Å². The lowest BCUT2D eigenvalue weighted by Crippen LogP contribution is -2.20. The third kappa shape index (κ3) is 4.51. The van der Waals surface area contributed by atoms with Gasteiger partial charge in [-0.05, 0) is 43.8 Å². The molecule has 2 rings (SSSR count). The van der Waals surface area contributed by atoms with E-state index in [2.05, 4.69) is 48.5 Å². The second-order valence-electron chi connectivity index (χ2n) is 5.18. The Kier molecular flexibility index (Phi) is 5.84. The zero-order valence-electron chi connectivity index (χ0n) is 12.4. The van der Waals surface area contributed by atoms with E-state index in [1.54, 1.807) is 6.26 Å². The highest BCUT2D eigenvalue weighted by molar-refractivity contribution is 5.27. The number of rotatable bonds is 8. The molecule has 0 saturated heterocycles. The van der Waals surface area contributed by atoms with Gasteiger partial charge in [0.05, 0.1) is 12.5 Å². The summed E-state index contributed by atoms with van der Waals surface area (Å²) < 4.78 is 5.12. The highest BCUT2D eigenvalue weighted by atomic mass is 16.3. The van der Waals surface area contributed by atoms with Crippen LogP contribution in [0.5, 0.6) is 0 Å². The molecule has 0 saturated carbocycles. The Bertz CT molecular complexity index is 493. The van der Waals surface area contributed by atoms with Crippen LogP contribution in [0.1, 0.15) is 23.6 Å². The van der Waals surface area contributed by atoms with Crippen molar-refractivity contribution in [3.8, 4) is 0 Å². The third-order valence-corrected chi connectivity index (χ3v) is 3.41. The van der Waals surface area contributed by atoms with E-state index in [1.807, 2.05) is 12.3 Å². The summed E-state index contributed by atoms with van der Waals surface area (Å²) in [7, 11) is 2.15. The quantitative estimate of drug-likeness (QED) is 0.749. The summed E-state index contributed by atoms with van der Waals surface area (Å²) in [6, 6.07) is 10.7. The van der Waals surface area contributed by atoms with Crippen LogP contribution in [0, 0.1) is 0 Å². The molecule has 0 spiro atoms. The minimum atomic E-state index is 0.915. The van der Waals surface area contributed by atoms with Gasteiger partial charge in [0.2, 0.25) is 0 Å². The number of hydrogen-bond donors (Lipinski definition) is 1. The maximum atomic E-state index is 5.12. The Labute approximate surface area is 121 Å². The number of nitrogens with one attached hydrogen (secondary N) is 1. The van der Waals surface area contributed by atoms with Crippen LogP contribution in [-0.4, -0.2) is 25.0 Å². The van der Waals surface area contributed by atoms with E-state index in [1.165, 1.54) is 16.7 Å². The standard InChI is InChI=1S/C17H24N2O/c1-3-18-10-8-16-6-4-5-7-17(16)13-19(2)12-15-9-11-20-14-15/h4-7,9,11,14,18H,3,8,10,12-13H2,1-2H3. The van der Waals surface area contributed by atoms with Gasteiger partial charge in [0.15, 0.2) is 0 Å². The van der Waals surface area contributed by atoms with Gasteiger partial charge in [-0.3, -0.25) is 4.90 Å². The second kappa shape index (κ2) is 7.88. The van der Waals surface area contributed by atoms with Gasteiger partial charge in [0.1, 0.15) is 0 Å². The van der Waals surface area contributed by atoms with E-state index in [4.69, 9.17) is 4.42 Å². The Hall–Kier alpha value is -1.58. The second-order valence-corrected chi connectivity index (χ2v) is 5.18. The van der Waals surface area contributed by atoms with E-state index in [-0.39, 0.29) is 0 Å². The van der Waals surface area contributed by atoms with E-state index < -0.39 is 0 Å². The fourth-order valence-corrected chi connectivity index (χ4v) is 2.40. The highest BCUT2D eigenvalue weighted by Gasteiger charge is 2.06. The first-order chi connectivity index (χ1) is 9.79. The first-order valence-corrected chi connectivity index (χ1v) is 7.26. The van der Waals surface area contributed by atoms with Crippen molar-refractivity contribution in [1.82, 2.24) is 10.2 Å². The minimum Gasteiger partial charge on any atom is -0.472 e. The van der Waals surface area contributed by atoms with E-state index in [0.29, 0.717) is 0 Å². The molecular formula is C17H24N2O. The van der Waals surface area contributed by atoms with Crippen LogP contribution in [-0.2, 0) is 19.5 Å².